The van der Waals surface area contributed by atoms with Gasteiger partial charge in [0.2, 0.25) is 0 Å². The van der Waals surface area contributed by atoms with Crippen LogP contribution in [-0.2, 0) is 14.3 Å². The molecule has 1 aliphatic rings. The van der Waals surface area contributed by atoms with Crippen LogP contribution in [0.25, 0.3) is 0 Å². The van der Waals surface area contributed by atoms with Gasteiger partial charge < -0.3 is 19.9 Å². The zero-order valence-electron chi connectivity index (χ0n) is 14.1. The maximum atomic E-state index is 11.8. The number of ether oxygens (including phenoxy) is 1. The number of benzene rings is 1. The predicted molar refractivity (Wildman–Crippen MR) is 89.2 cm³/mol. The van der Waals surface area contributed by atoms with Gasteiger partial charge in [0, 0.05) is 11.3 Å². The fraction of sp³-hybridized carbons (Fsp3) is 0.471. The second-order valence-corrected chi connectivity index (χ2v) is 5.87. The third kappa shape index (κ3) is 5.06. The molecule has 2 N–H and O–H groups in total. The van der Waals surface area contributed by atoms with E-state index in [0.717, 1.165) is 31.9 Å². The number of carbonyl (C=O) groups excluding carboxylic acids is 3. The van der Waals surface area contributed by atoms with Crippen molar-refractivity contribution in [2.75, 3.05) is 51.3 Å². The summed E-state index contributed by atoms with van der Waals surface area (Å²) in [5, 5.41) is 2.56. The lowest BCUT2D eigenvalue weighted by Crippen LogP contribution is -3.16. The van der Waals surface area contributed by atoms with Crippen LogP contribution in [-0.4, -0.2) is 64.0 Å². The molecule has 7 nitrogen and oxygen atoms in total. The number of Topliss-reactive ketones (excluding diaryl/α,β-unsaturated/α-hetero) is 1. The largest absolute Gasteiger partial charge is 0.468 e. The molecular formula is C17H24N3O4+. The first-order chi connectivity index (χ1) is 11.5. The van der Waals surface area contributed by atoms with Crippen LogP contribution in [0, 0.1) is 0 Å². The van der Waals surface area contributed by atoms with Crippen molar-refractivity contribution in [1.82, 2.24) is 5.32 Å². The number of amides is 1. The summed E-state index contributed by atoms with van der Waals surface area (Å²) in [6.45, 7) is 5.21. The highest BCUT2D eigenvalue weighted by atomic mass is 16.5. The molecule has 0 aromatic heterocycles. The predicted octanol–water partition coefficient (Wildman–Crippen LogP) is -1.12. The topological polar surface area (TPSA) is 80.2 Å². The Labute approximate surface area is 141 Å². The van der Waals surface area contributed by atoms with E-state index in [9.17, 15) is 14.4 Å². The van der Waals surface area contributed by atoms with Crippen LogP contribution in [0.5, 0.6) is 0 Å². The first-order valence-corrected chi connectivity index (χ1v) is 8.02. The number of hydrogen-bond acceptors (Lipinski definition) is 5. The zero-order valence-corrected chi connectivity index (χ0v) is 14.1. The Morgan fingerprint density at radius 1 is 1.17 bits per heavy atom. The molecule has 0 saturated carbocycles. The minimum Gasteiger partial charge on any atom is -0.468 e. The molecule has 1 aromatic rings. The number of carbonyl (C=O) groups is 3. The SMILES string of the molecule is COC(=O)CNC(=O)C[NH+]1CCN(c2ccc(C(C)=O)cc2)CC1. The van der Waals surface area contributed by atoms with Crippen molar-refractivity contribution in [1.29, 1.82) is 0 Å². The van der Waals surface area contributed by atoms with Crippen LogP contribution in [0.4, 0.5) is 5.69 Å². The highest BCUT2D eigenvalue weighted by Crippen LogP contribution is 2.15. The molecule has 1 saturated heterocycles. The quantitative estimate of drug-likeness (QED) is 0.509. The maximum absolute atomic E-state index is 11.8. The molecule has 0 atom stereocenters. The van der Waals surface area contributed by atoms with Gasteiger partial charge in [-0.25, -0.2) is 0 Å². The second kappa shape index (κ2) is 8.44. The van der Waals surface area contributed by atoms with Crippen LogP contribution in [0.15, 0.2) is 24.3 Å². The van der Waals surface area contributed by atoms with E-state index in [0.29, 0.717) is 12.1 Å². The van der Waals surface area contributed by atoms with Gasteiger partial charge in [-0.1, -0.05) is 0 Å². The number of quaternary nitrogens is 1. The third-order valence-corrected chi connectivity index (χ3v) is 4.18. The summed E-state index contributed by atoms with van der Waals surface area (Å²) < 4.78 is 4.49. The van der Waals surface area contributed by atoms with E-state index in [2.05, 4.69) is 15.0 Å². The number of esters is 1. The van der Waals surface area contributed by atoms with E-state index >= 15 is 0 Å². The molecular weight excluding hydrogens is 310 g/mol. The van der Waals surface area contributed by atoms with Gasteiger partial charge >= 0.3 is 5.97 Å². The third-order valence-electron chi connectivity index (χ3n) is 4.18. The number of anilines is 1. The van der Waals surface area contributed by atoms with Gasteiger partial charge in [0.05, 0.1) is 33.3 Å². The lowest BCUT2D eigenvalue weighted by molar-refractivity contribution is -0.892. The van der Waals surface area contributed by atoms with Crippen LogP contribution >= 0.6 is 0 Å². The van der Waals surface area contributed by atoms with E-state index in [1.54, 1.807) is 6.92 Å². The Kier molecular flexibility index (Phi) is 6.31. The van der Waals surface area contributed by atoms with Crippen LogP contribution < -0.4 is 15.1 Å². The van der Waals surface area contributed by atoms with Gasteiger partial charge in [-0.3, -0.25) is 14.4 Å². The summed E-state index contributed by atoms with van der Waals surface area (Å²) in [6.07, 6.45) is 0. The van der Waals surface area contributed by atoms with E-state index in [4.69, 9.17) is 0 Å². The summed E-state index contributed by atoms with van der Waals surface area (Å²) >= 11 is 0. The molecule has 1 fully saturated rings. The highest BCUT2D eigenvalue weighted by molar-refractivity contribution is 5.94. The second-order valence-electron chi connectivity index (χ2n) is 5.87. The molecule has 7 heteroatoms. The van der Waals surface area contributed by atoms with Gasteiger partial charge in [-0.05, 0) is 31.2 Å². The Morgan fingerprint density at radius 3 is 2.33 bits per heavy atom. The molecule has 1 aliphatic heterocycles. The average molecular weight is 334 g/mol. The molecule has 0 radical (unpaired) electrons. The van der Waals surface area contributed by atoms with Gasteiger partial charge in [-0.15, -0.1) is 0 Å². The van der Waals surface area contributed by atoms with Gasteiger partial charge in [0.25, 0.3) is 5.91 Å². The van der Waals surface area contributed by atoms with Crippen LogP contribution in [0.2, 0.25) is 0 Å². The Balaban J connectivity index is 1.77. The summed E-state index contributed by atoms with van der Waals surface area (Å²) in [4.78, 5) is 37.6. The number of nitrogens with zero attached hydrogens (tertiary/aromatic N) is 1. The van der Waals surface area contributed by atoms with Crippen molar-refractivity contribution in [3.8, 4) is 0 Å². The van der Waals surface area contributed by atoms with Gasteiger partial charge in [0.15, 0.2) is 12.3 Å². The smallest absolute Gasteiger partial charge is 0.325 e. The Bertz CT molecular complexity index is 592. The first-order valence-electron chi connectivity index (χ1n) is 8.02. The Morgan fingerprint density at radius 2 is 1.79 bits per heavy atom. The van der Waals surface area contributed by atoms with Gasteiger partial charge in [0.1, 0.15) is 6.54 Å². The monoisotopic (exact) mass is 334 g/mol. The fourth-order valence-electron chi connectivity index (χ4n) is 2.70. The molecule has 2 rings (SSSR count). The summed E-state index contributed by atoms with van der Waals surface area (Å²) in [5.74, 6) is -0.527. The molecule has 1 heterocycles. The number of piperazine rings is 1. The zero-order chi connectivity index (χ0) is 17.5. The van der Waals surface area contributed by atoms with E-state index in [1.165, 1.54) is 12.0 Å². The standard InChI is InChI=1S/C17H23N3O4/c1-13(21)14-3-5-15(6-4-14)20-9-7-19(8-10-20)12-16(22)18-11-17(23)24-2/h3-6H,7-12H2,1-2H3,(H,18,22)/p+1. The number of nitrogens with one attached hydrogen (secondary N) is 2. The lowest BCUT2D eigenvalue weighted by Gasteiger charge is -2.33. The molecule has 1 aromatic carbocycles. The molecule has 0 aliphatic carbocycles. The van der Waals surface area contributed by atoms with Crippen molar-refractivity contribution >= 4 is 23.3 Å². The molecule has 130 valence electrons. The number of rotatable bonds is 6. The van der Waals surface area contributed by atoms with Crippen LogP contribution in [0.1, 0.15) is 17.3 Å². The van der Waals surface area contributed by atoms with Crippen molar-refractivity contribution < 1.29 is 24.0 Å². The highest BCUT2D eigenvalue weighted by Gasteiger charge is 2.22. The minimum atomic E-state index is -0.447. The minimum absolute atomic E-state index is 0.0637. The molecule has 0 unspecified atom stereocenters. The fourth-order valence-corrected chi connectivity index (χ4v) is 2.70. The van der Waals surface area contributed by atoms with Crippen molar-refractivity contribution in [2.24, 2.45) is 0 Å². The van der Waals surface area contributed by atoms with E-state index in [1.807, 2.05) is 24.3 Å². The summed E-state index contributed by atoms with van der Waals surface area (Å²) in [5.41, 5.74) is 1.81. The Hall–Kier alpha value is -2.41. The van der Waals surface area contributed by atoms with Crippen molar-refractivity contribution in [3.05, 3.63) is 29.8 Å². The lowest BCUT2D eigenvalue weighted by atomic mass is 10.1. The maximum Gasteiger partial charge on any atom is 0.325 e. The molecule has 0 bridgehead atoms. The summed E-state index contributed by atoms with van der Waals surface area (Å²) in [6, 6.07) is 7.61. The first kappa shape index (κ1) is 17.9. The number of hydrogen-bond donors (Lipinski definition) is 2. The van der Waals surface area contributed by atoms with E-state index < -0.39 is 5.97 Å². The number of ketones is 1. The van der Waals surface area contributed by atoms with Crippen molar-refractivity contribution in [2.45, 2.75) is 6.92 Å². The average Bonchev–Trinajstić information content (AvgIpc) is 2.60. The molecule has 24 heavy (non-hydrogen) atoms. The van der Waals surface area contributed by atoms with E-state index in [-0.39, 0.29) is 18.2 Å². The van der Waals surface area contributed by atoms with Gasteiger partial charge in [-0.2, -0.15) is 0 Å². The number of methoxy groups -OCH3 is 1. The molecule has 0 spiro atoms. The normalized spacial score (nSPS) is 15.0. The van der Waals surface area contributed by atoms with Crippen LogP contribution in [0.3, 0.4) is 0 Å². The molecule has 1 amide bonds. The van der Waals surface area contributed by atoms with Crippen molar-refractivity contribution in [3.63, 3.8) is 0 Å². The summed E-state index contributed by atoms with van der Waals surface area (Å²) in [7, 11) is 1.29.